The average molecular weight is 247 g/mol. The average Bonchev–Trinajstić information content (AvgIpc) is 3.18. The zero-order valence-corrected chi connectivity index (χ0v) is 11.9. The molecule has 0 radical (unpaired) electrons. The second kappa shape index (κ2) is 6.28. The fourth-order valence-electron chi connectivity index (χ4n) is 2.53. The number of aryl methyl sites for hydroxylation is 2. The van der Waals surface area contributed by atoms with Gasteiger partial charge in [0.05, 0.1) is 11.4 Å². The Morgan fingerprint density at radius 1 is 1.33 bits per heavy atom. The number of nitrogens with zero attached hydrogens (tertiary/aromatic N) is 2. The third-order valence-corrected chi connectivity index (χ3v) is 3.75. The van der Waals surface area contributed by atoms with Crippen LogP contribution in [-0.2, 0) is 6.42 Å². The van der Waals surface area contributed by atoms with Crippen LogP contribution in [-0.4, -0.2) is 16.7 Å². The van der Waals surface area contributed by atoms with Crippen LogP contribution in [0.2, 0.25) is 0 Å². The largest absolute Gasteiger partial charge is 0.310 e. The van der Waals surface area contributed by atoms with Gasteiger partial charge in [-0.3, -0.25) is 0 Å². The fourth-order valence-corrected chi connectivity index (χ4v) is 2.53. The molecule has 1 heterocycles. The lowest BCUT2D eigenvalue weighted by atomic mass is 9.98. The summed E-state index contributed by atoms with van der Waals surface area (Å²) in [4.78, 5) is 0. The molecule has 1 aromatic rings. The fraction of sp³-hybridized carbons (Fsp3) is 0.733. The van der Waals surface area contributed by atoms with Crippen LogP contribution >= 0.6 is 0 Å². The molecule has 3 heteroatoms. The molecule has 1 aliphatic rings. The normalized spacial score (nSPS) is 16.8. The lowest BCUT2D eigenvalue weighted by Gasteiger charge is -2.20. The second-order valence-corrected chi connectivity index (χ2v) is 5.37. The number of aromatic nitrogens is 2. The molecule has 1 fully saturated rings. The maximum Gasteiger partial charge on any atom is 0.0676 e. The predicted octanol–water partition coefficient (Wildman–Crippen LogP) is 3.19. The summed E-state index contributed by atoms with van der Waals surface area (Å²) in [7, 11) is 0. The molecule has 100 valence electrons. The molecule has 1 N–H and O–H groups in total. The Bertz CT molecular complexity index is 385. The summed E-state index contributed by atoms with van der Waals surface area (Å²) in [5.41, 5.74) is 3.55. The van der Waals surface area contributed by atoms with Crippen molar-refractivity contribution in [2.24, 2.45) is 5.92 Å². The first-order valence-corrected chi connectivity index (χ1v) is 7.31. The Morgan fingerprint density at radius 3 is 2.72 bits per heavy atom. The molecule has 0 bridgehead atoms. The van der Waals surface area contributed by atoms with Crippen molar-refractivity contribution in [3.05, 3.63) is 23.0 Å². The summed E-state index contributed by atoms with van der Waals surface area (Å²) in [6.07, 6.45) is 6.42. The van der Waals surface area contributed by atoms with E-state index in [-0.39, 0.29) is 0 Å². The zero-order valence-electron chi connectivity index (χ0n) is 11.9. The van der Waals surface area contributed by atoms with E-state index in [2.05, 4.69) is 35.4 Å². The minimum Gasteiger partial charge on any atom is -0.310 e. The molecule has 3 nitrogen and oxygen atoms in total. The molecule has 0 saturated heterocycles. The summed E-state index contributed by atoms with van der Waals surface area (Å²) in [5.74, 6) is 0.993. The molecule has 1 unspecified atom stereocenters. The first-order valence-electron chi connectivity index (χ1n) is 7.31. The minimum absolute atomic E-state index is 0.458. The first-order chi connectivity index (χ1) is 8.74. The van der Waals surface area contributed by atoms with Crippen LogP contribution in [0.5, 0.6) is 0 Å². The van der Waals surface area contributed by atoms with Gasteiger partial charge in [-0.1, -0.05) is 26.7 Å². The van der Waals surface area contributed by atoms with Crippen molar-refractivity contribution in [2.45, 2.75) is 58.9 Å². The summed E-state index contributed by atoms with van der Waals surface area (Å²) in [6, 6.07) is 2.67. The van der Waals surface area contributed by atoms with Crippen molar-refractivity contribution in [1.82, 2.24) is 15.5 Å². The molecule has 1 atom stereocenters. The summed E-state index contributed by atoms with van der Waals surface area (Å²) in [6.45, 7) is 7.38. The molecule has 0 amide bonds. The molecule has 2 rings (SSSR count). The Kier molecular flexibility index (Phi) is 4.70. The Balaban J connectivity index is 2.13. The smallest absolute Gasteiger partial charge is 0.0676 e. The third-order valence-electron chi connectivity index (χ3n) is 3.75. The lowest BCUT2D eigenvalue weighted by Crippen LogP contribution is -2.23. The lowest BCUT2D eigenvalue weighted by molar-refractivity contribution is 0.475. The SMILES string of the molecule is CCNC(CCC1CC1)c1cc(C)nnc1CC. The highest BCUT2D eigenvalue weighted by molar-refractivity contribution is 5.24. The van der Waals surface area contributed by atoms with Crippen molar-refractivity contribution < 1.29 is 0 Å². The molecular formula is C15H25N3. The molecule has 0 spiro atoms. The van der Waals surface area contributed by atoms with Gasteiger partial charge < -0.3 is 5.32 Å². The summed E-state index contributed by atoms with van der Waals surface area (Å²) in [5, 5.41) is 12.2. The van der Waals surface area contributed by atoms with Crippen LogP contribution in [0, 0.1) is 12.8 Å². The van der Waals surface area contributed by atoms with Gasteiger partial charge in [0.25, 0.3) is 0 Å². The van der Waals surface area contributed by atoms with Gasteiger partial charge in [0.1, 0.15) is 0 Å². The van der Waals surface area contributed by atoms with Crippen LogP contribution in [0.4, 0.5) is 0 Å². The predicted molar refractivity (Wildman–Crippen MR) is 74.5 cm³/mol. The second-order valence-electron chi connectivity index (χ2n) is 5.37. The highest BCUT2D eigenvalue weighted by Gasteiger charge is 2.24. The van der Waals surface area contributed by atoms with Crippen LogP contribution in [0.1, 0.15) is 62.5 Å². The first kappa shape index (κ1) is 13.5. The van der Waals surface area contributed by atoms with Gasteiger partial charge in [-0.2, -0.15) is 10.2 Å². The highest BCUT2D eigenvalue weighted by atomic mass is 15.1. The minimum atomic E-state index is 0.458. The Hall–Kier alpha value is -0.960. The van der Waals surface area contributed by atoms with Crippen molar-refractivity contribution >= 4 is 0 Å². The molecule has 1 saturated carbocycles. The van der Waals surface area contributed by atoms with Crippen molar-refractivity contribution in [2.75, 3.05) is 6.54 Å². The van der Waals surface area contributed by atoms with Crippen molar-refractivity contribution in [3.8, 4) is 0 Å². The van der Waals surface area contributed by atoms with Crippen LogP contribution in [0.15, 0.2) is 6.07 Å². The Morgan fingerprint density at radius 2 is 2.11 bits per heavy atom. The highest BCUT2D eigenvalue weighted by Crippen LogP contribution is 2.36. The van der Waals surface area contributed by atoms with Crippen LogP contribution in [0.3, 0.4) is 0 Å². The Labute approximate surface area is 110 Å². The van der Waals surface area contributed by atoms with E-state index in [0.717, 1.165) is 30.3 Å². The maximum absolute atomic E-state index is 4.35. The van der Waals surface area contributed by atoms with Crippen LogP contribution < -0.4 is 5.32 Å². The number of rotatable bonds is 7. The van der Waals surface area contributed by atoms with E-state index in [1.807, 2.05) is 6.92 Å². The molecule has 1 aromatic heterocycles. The van der Waals surface area contributed by atoms with E-state index in [1.165, 1.54) is 31.2 Å². The zero-order chi connectivity index (χ0) is 13.0. The van der Waals surface area contributed by atoms with Gasteiger partial charge in [0.2, 0.25) is 0 Å². The molecule has 0 aliphatic heterocycles. The van der Waals surface area contributed by atoms with E-state index >= 15 is 0 Å². The molecular weight excluding hydrogens is 222 g/mol. The monoisotopic (exact) mass is 247 g/mol. The number of nitrogens with one attached hydrogen (secondary N) is 1. The van der Waals surface area contributed by atoms with E-state index < -0.39 is 0 Å². The quantitative estimate of drug-likeness (QED) is 0.804. The maximum atomic E-state index is 4.35. The van der Waals surface area contributed by atoms with E-state index in [0.29, 0.717) is 6.04 Å². The van der Waals surface area contributed by atoms with E-state index in [9.17, 15) is 0 Å². The standard InChI is InChI=1S/C15H25N3/c1-4-14-13(10-11(3)17-18-14)15(16-5-2)9-8-12-6-7-12/h10,12,15-16H,4-9H2,1-3H3. The van der Waals surface area contributed by atoms with Gasteiger partial charge in [0, 0.05) is 6.04 Å². The molecule has 1 aliphatic carbocycles. The number of hydrogen-bond donors (Lipinski definition) is 1. The van der Waals surface area contributed by atoms with Gasteiger partial charge in [-0.15, -0.1) is 0 Å². The summed E-state index contributed by atoms with van der Waals surface area (Å²) >= 11 is 0. The summed E-state index contributed by atoms with van der Waals surface area (Å²) < 4.78 is 0. The third kappa shape index (κ3) is 3.52. The van der Waals surface area contributed by atoms with Gasteiger partial charge in [-0.05, 0) is 50.3 Å². The topological polar surface area (TPSA) is 37.8 Å². The van der Waals surface area contributed by atoms with Gasteiger partial charge >= 0.3 is 0 Å². The van der Waals surface area contributed by atoms with E-state index in [4.69, 9.17) is 0 Å². The van der Waals surface area contributed by atoms with E-state index in [1.54, 1.807) is 0 Å². The van der Waals surface area contributed by atoms with Crippen molar-refractivity contribution in [3.63, 3.8) is 0 Å². The van der Waals surface area contributed by atoms with Gasteiger partial charge in [0.15, 0.2) is 0 Å². The van der Waals surface area contributed by atoms with Gasteiger partial charge in [-0.25, -0.2) is 0 Å². The number of hydrogen-bond acceptors (Lipinski definition) is 3. The molecule has 0 aromatic carbocycles. The van der Waals surface area contributed by atoms with Crippen LogP contribution in [0.25, 0.3) is 0 Å². The molecule has 18 heavy (non-hydrogen) atoms. The van der Waals surface area contributed by atoms with Crippen molar-refractivity contribution in [1.29, 1.82) is 0 Å².